The fraction of sp³-hybridized carbons (Fsp3) is 0.462. The Kier molecular flexibility index (Phi) is 3.50. The zero-order chi connectivity index (χ0) is 11.5. The average molecular weight is 280 g/mol. The summed E-state index contributed by atoms with van der Waals surface area (Å²) in [6.07, 6.45) is 6.25. The molecule has 1 fully saturated rings. The van der Waals surface area contributed by atoms with E-state index in [0.717, 1.165) is 0 Å². The van der Waals surface area contributed by atoms with Gasteiger partial charge in [0.1, 0.15) is 11.8 Å². The van der Waals surface area contributed by atoms with E-state index in [9.17, 15) is 5.11 Å². The fourth-order valence-corrected chi connectivity index (χ4v) is 2.85. The van der Waals surface area contributed by atoms with Crippen molar-refractivity contribution in [1.29, 1.82) is 5.26 Å². The Balaban J connectivity index is 2.34. The number of aromatic hydroxyl groups is 1. The molecule has 1 aliphatic rings. The molecule has 0 atom stereocenters. The highest BCUT2D eigenvalue weighted by molar-refractivity contribution is 9.10. The first-order valence-corrected chi connectivity index (χ1v) is 6.44. The summed E-state index contributed by atoms with van der Waals surface area (Å²) < 4.78 is 0.632. The van der Waals surface area contributed by atoms with Crippen molar-refractivity contribution < 1.29 is 5.11 Å². The highest BCUT2D eigenvalue weighted by Gasteiger charge is 2.18. The van der Waals surface area contributed by atoms with Gasteiger partial charge in [0.05, 0.1) is 10.0 Å². The molecule has 0 heterocycles. The predicted octanol–water partition coefficient (Wildman–Crippen LogP) is 4.07. The molecule has 0 unspecified atom stereocenters. The highest BCUT2D eigenvalue weighted by Crippen LogP contribution is 2.37. The molecule has 1 aliphatic carbocycles. The van der Waals surface area contributed by atoms with Crippen molar-refractivity contribution in [2.24, 2.45) is 0 Å². The molecule has 0 saturated heterocycles. The second-order valence-corrected chi connectivity index (χ2v) is 5.20. The Labute approximate surface area is 104 Å². The van der Waals surface area contributed by atoms with Crippen LogP contribution in [0.4, 0.5) is 0 Å². The van der Waals surface area contributed by atoms with Gasteiger partial charge in [0, 0.05) is 0 Å². The summed E-state index contributed by atoms with van der Waals surface area (Å²) in [6.45, 7) is 0. The lowest BCUT2D eigenvalue weighted by Crippen LogP contribution is -2.04. The van der Waals surface area contributed by atoms with Crippen LogP contribution >= 0.6 is 15.9 Å². The van der Waals surface area contributed by atoms with Crippen LogP contribution in [0.15, 0.2) is 16.6 Å². The molecule has 0 spiro atoms. The minimum atomic E-state index is 0.0575. The van der Waals surface area contributed by atoms with Gasteiger partial charge < -0.3 is 5.11 Å². The van der Waals surface area contributed by atoms with Gasteiger partial charge in [-0.15, -0.1) is 0 Å². The van der Waals surface area contributed by atoms with Crippen LogP contribution in [0.25, 0.3) is 0 Å². The smallest absolute Gasteiger partial charge is 0.147 e. The van der Waals surface area contributed by atoms with E-state index in [2.05, 4.69) is 15.9 Å². The summed E-state index contributed by atoms with van der Waals surface area (Å²) in [5, 5.41) is 18.6. The first kappa shape index (κ1) is 11.5. The van der Waals surface area contributed by atoms with E-state index in [4.69, 9.17) is 5.26 Å². The van der Waals surface area contributed by atoms with Gasteiger partial charge in [-0.05, 0) is 52.4 Å². The number of benzene rings is 1. The third kappa shape index (κ3) is 2.22. The molecule has 16 heavy (non-hydrogen) atoms. The maximum atomic E-state index is 9.65. The maximum absolute atomic E-state index is 9.65. The Morgan fingerprint density at radius 2 is 1.94 bits per heavy atom. The molecular weight excluding hydrogens is 266 g/mol. The number of halogens is 1. The molecule has 0 amide bonds. The quantitative estimate of drug-likeness (QED) is 0.842. The summed E-state index contributed by atoms with van der Waals surface area (Å²) >= 11 is 3.30. The van der Waals surface area contributed by atoms with E-state index in [1.54, 1.807) is 0 Å². The van der Waals surface area contributed by atoms with Crippen molar-refractivity contribution in [1.82, 2.24) is 0 Å². The van der Waals surface area contributed by atoms with Crippen molar-refractivity contribution in [3.8, 4) is 11.8 Å². The van der Waals surface area contributed by atoms with Crippen LogP contribution < -0.4 is 0 Å². The Morgan fingerprint density at radius 3 is 2.56 bits per heavy atom. The van der Waals surface area contributed by atoms with Crippen LogP contribution in [0.1, 0.15) is 49.1 Å². The third-order valence-corrected chi connectivity index (χ3v) is 3.89. The molecule has 1 aromatic carbocycles. The monoisotopic (exact) mass is 279 g/mol. The second-order valence-electron chi connectivity index (χ2n) is 4.35. The summed E-state index contributed by atoms with van der Waals surface area (Å²) in [6, 6.07) is 5.82. The molecule has 3 heteroatoms. The molecule has 1 N–H and O–H groups in total. The number of phenols is 1. The summed E-state index contributed by atoms with van der Waals surface area (Å²) in [5.74, 6) is 0.611. The van der Waals surface area contributed by atoms with Gasteiger partial charge >= 0.3 is 0 Å². The third-order valence-electron chi connectivity index (χ3n) is 3.28. The van der Waals surface area contributed by atoms with E-state index in [0.29, 0.717) is 16.0 Å². The summed E-state index contributed by atoms with van der Waals surface area (Å²) in [5.41, 5.74) is 1.55. The number of hydrogen-bond donors (Lipinski definition) is 1. The van der Waals surface area contributed by atoms with Crippen LogP contribution in [0, 0.1) is 11.3 Å². The van der Waals surface area contributed by atoms with Gasteiger partial charge in [0.15, 0.2) is 0 Å². The molecule has 0 bridgehead atoms. The molecule has 1 aromatic rings. The minimum absolute atomic E-state index is 0.0575. The molecule has 0 radical (unpaired) electrons. The topological polar surface area (TPSA) is 44.0 Å². The van der Waals surface area contributed by atoms with E-state index in [1.165, 1.54) is 37.7 Å². The number of rotatable bonds is 1. The SMILES string of the molecule is N#Cc1cc(C2CCCCC2)cc(Br)c1O. The van der Waals surface area contributed by atoms with Gasteiger partial charge in [-0.25, -0.2) is 0 Å². The standard InChI is InChI=1S/C13H14BrNO/c14-12-7-10(6-11(8-15)13(12)16)9-4-2-1-3-5-9/h6-7,9,16H,1-5H2. The van der Waals surface area contributed by atoms with Crippen LogP contribution in [0.5, 0.6) is 5.75 Å². The van der Waals surface area contributed by atoms with E-state index < -0.39 is 0 Å². The largest absolute Gasteiger partial charge is 0.505 e. The molecule has 1 saturated carbocycles. The van der Waals surface area contributed by atoms with E-state index in [-0.39, 0.29) is 5.75 Å². The van der Waals surface area contributed by atoms with Crippen molar-refractivity contribution in [3.05, 3.63) is 27.7 Å². The number of nitriles is 1. The molecule has 2 nitrogen and oxygen atoms in total. The predicted molar refractivity (Wildman–Crippen MR) is 66.3 cm³/mol. The van der Waals surface area contributed by atoms with Crippen molar-refractivity contribution in [2.75, 3.05) is 0 Å². The lowest BCUT2D eigenvalue weighted by molar-refractivity contribution is 0.441. The first-order chi connectivity index (χ1) is 7.72. The van der Waals surface area contributed by atoms with E-state index >= 15 is 0 Å². The molecule has 84 valence electrons. The summed E-state index contributed by atoms with van der Waals surface area (Å²) in [4.78, 5) is 0. The Hall–Kier alpha value is -1.01. The Bertz CT molecular complexity index is 430. The van der Waals surface area contributed by atoms with Crippen molar-refractivity contribution in [3.63, 3.8) is 0 Å². The van der Waals surface area contributed by atoms with E-state index in [1.807, 2.05) is 18.2 Å². The van der Waals surface area contributed by atoms with Crippen LogP contribution in [0.3, 0.4) is 0 Å². The number of phenolic OH excluding ortho intramolecular Hbond substituents is 1. The molecule has 2 rings (SSSR count). The van der Waals surface area contributed by atoms with Crippen LogP contribution in [0.2, 0.25) is 0 Å². The van der Waals surface area contributed by atoms with Crippen molar-refractivity contribution in [2.45, 2.75) is 38.0 Å². The normalized spacial score (nSPS) is 17.0. The van der Waals surface area contributed by atoms with Gasteiger partial charge in [-0.1, -0.05) is 19.3 Å². The zero-order valence-electron chi connectivity index (χ0n) is 9.04. The lowest BCUT2D eigenvalue weighted by Gasteiger charge is -2.22. The van der Waals surface area contributed by atoms with Gasteiger partial charge in [0.25, 0.3) is 0 Å². The summed E-state index contributed by atoms with van der Waals surface area (Å²) in [7, 11) is 0. The zero-order valence-corrected chi connectivity index (χ0v) is 10.6. The first-order valence-electron chi connectivity index (χ1n) is 5.65. The average Bonchev–Trinajstić information content (AvgIpc) is 2.33. The highest BCUT2D eigenvalue weighted by atomic mass is 79.9. The molecule has 0 aliphatic heterocycles. The Morgan fingerprint density at radius 1 is 1.25 bits per heavy atom. The number of nitrogens with zero attached hydrogens (tertiary/aromatic N) is 1. The molecule has 0 aromatic heterocycles. The van der Waals surface area contributed by atoms with Gasteiger partial charge in [-0.2, -0.15) is 5.26 Å². The van der Waals surface area contributed by atoms with Gasteiger partial charge in [-0.3, -0.25) is 0 Å². The fourth-order valence-electron chi connectivity index (χ4n) is 2.38. The second kappa shape index (κ2) is 4.88. The van der Waals surface area contributed by atoms with Gasteiger partial charge in [0.2, 0.25) is 0 Å². The van der Waals surface area contributed by atoms with Crippen LogP contribution in [-0.2, 0) is 0 Å². The lowest BCUT2D eigenvalue weighted by atomic mass is 9.83. The van der Waals surface area contributed by atoms with Crippen LogP contribution in [-0.4, -0.2) is 5.11 Å². The number of hydrogen-bond acceptors (Lipinski definition) is 2. The van der Waals surface area contributed by atoms with Crippen molar-refractivity contribution >= 4 is 15.9 Å². The maximum Gasteiger partial charge on any atom is 0.147 e. The minimum Gasteiger partial charge on any atom is -0.505 e. The molecular formula is C13H14BrNO.